The molecule has 0 radical (unpaired) electrons. The highest BCUT2D eigenvalue weighted by Gasteiger charge is 2.25. The quantitative estimate of drug-likeness (QED) is 0.730. The molecule has 2 rings (SSSR count). The number of aliphatic hydroxyl groups is 1. The maximum absolute atomic E-state index is 12.0. The highest BCUT2D eigenvalue weighted by atomic mass is 16.4. The third kappa shape index (κ3) is 2.79. The predicted octanol–water partition coefficient (Wildman–Crippen LogP) is 0.187. The van der Waals surface area contributed by atoms with E-state index in [-0.39, 0.29) is 22.5 Å². The van der Waals surface area contributed by atoms with Gasteiger partial charge in [-0.25, -0.2) is 4.79 Å². The van der Waals surface area contributed by atoms with Crippen LogP contribution in [0.3, 0.4) is 0 Å². The zero-order valence-electron chi connectivity index (χ0n) is 11.6. The molecule has 0 aliphatic heterocycles. The molecule has 1 aliphatic rings. The molecule has 22 heavy (non-hydrogen) atoms. The summed E-state index contributed by atoms with van der Waals surface area (Å²) in [4.78, 5) is 46.6. The van der Waals surface area contributed by atoms with Crippen LogP contribution < -0.4 is 5.32 Å². The smallest absolute Gasteiger partial charge is 0.328 e. The van der Waals surface area contributed by atoms with Crippen LogP contribution in [-0.2, 0) is 4.79 Å². The first-order valence-electron chi connectivity index (χ1n) is 6.41. The standard InChI is InChI=1S/C15H13NO6/c1-7-4-12(18)10-5-8(2-3-9(10)13(7)19)14(20)16-11(6-17)15(21)22/h2-5,11,17H,6H2,1H3,(H,16,20)(H,21,22). The highest BCUT2D eigenvalue weighted by molar-refractivity contribution is 6.24. The molecule has 0 saturated heterocycles. The number of amides is 1. The van der Waals surface area contributed by atoms with E-state index >= 15 is 0 Å². The molecule has 0 spiro atoms. The number of carboxylic acid groups (broad SMARTS) is 1. The van der Waals surface area contributed by atoms with Crippen LogP contribution in [0.25, 0.3) is 0 Å². The van der Waals surface area contributed by atoms with Gasteiger partial charge in [-0.15, -0.1) is 0 Å². The van der Waals surface area contributed by atoms with E-state index in [9.17, 15) is 19.2 Å². The van der Waals surface area contributed by atoms with Gasteiger partial charge in [0, 0.05) is 22.3 Å². The third-order valence-corrected chi connectivity index (χ3v) is 3.28. The van der Waals surface area contributed by atoms with Gasteiger partial charge in [-0.1, -0.05) is 0 Å². The second-order valence-electron chi connectivity index (χ2n) is 4.83. The number of fused-ring (bicyclic) bond motifs is 1. The Morgan fingerprint density at radius 1 is 1.23 bits per heavy atom. The van der Waals surface area contributed by atoms with Crippen LogP contribution in [0.4, 0.5) is 0 Å². The van der Waals surface area contributed by atoms with Crippen LogP contribution in [0.1, 0.15) is 38.0 Å². The lowest BCUT2D eigenvalue weighted by molar-refractivity contribution is -0.140. The first kappa shape index (κ1) is 15.6. The van der Waals surface area contributed by atoms with E-state index in [4.69, 9.17) is 10.2 Å². The molecule has 1 aromatic carbocycles. The lowest BCUT2D eigenvalue weighted by Gasteiger charge is -2.15. The van der Waals surface area contributed by atoms with E-state index in [2.05, 4.69) is 5.32 Å². The van der Waals surface area contributed by atoms with Gasteiger partial charge >= 0.3 is 5.97 Å². The summed E-state index contributed by atoms with van der Waals surface area (Å²) >= 11 is 0. The van der Waals surface area contributed by atoms with Crippen molar-refractivity contribution in [2.75, 3.05) is 6.61 Å². The van der Waals surface area contributed by atoms with E-state index in [0.717, 1.165) is 0 Å². The molecule has 0 saturated carbocycles. The fourth-order valence-corrected chi connectivity index (χ4v) is 2.07. The molecule has 0 aromatic heterocycles. The molecule has 1 aliphatic carbocycles. The van der Waals surface area contributed by atoms with Gasteiger partial charge in [-0.3, -0.25) is 14.4 Å². The van der Waals surface area contributed by atoms with Crippen molar-refractivity contribution >= 4 is 23.4 Å². The Balaban J connectivity index is 2.32. The third-order valence-electron chi connectivity index (χ3n) is 3.28. The first-order chi connectivity index (χ1) is 10.3. The summed E-state index contributed by atoms with van der Waals surface area (Å²) in [6, 6.07) is 2.48. The maximum atomic E-state index is 12.0. The minimum absolute atomic E-state index is 0.0348. The van der Waals surface area contributed by atoms with Gasteiger partial charge in [0.05, 0.1) is 6.61 Å². The molecular weight excluding hydrogens is 290 g/mol. The fourth-order valence-electron chi connectivity index (χ4n) is 2.07. The number of ketones is 2. The van der Waals surface area contributed by atoms with Crippen molar-refractivity contribution in [3.05, 3.63) is 46.5 Å². The Hall–Kier alpha value is -2.80. The second kappa shape index (κ2) is 5.90. The number of carboxylic acids is 1. The van der Waals surface area contributed by atoms with Crippen molar-refractivity contribution in [3.8, 4) is 0 Å². The number of Topliss-reactive ketones (excluding diaryl/α,β-unsaturated/α-hetero) is 1. The van der Waals surface area contributed by atoms with Crippen LogP contribution in [0, 0.1) is 0 Å². The largest absolute Gasteiger partial charge is 0.480 e. The zero-order valence-corrected chi connectivity index (χ0v) is 11.6. The van der Waals surface area contributed by atoms with Crippen LogP contribution in [0.5, 0.6) is 0 Å². The molecular formula is C15H13NO6. The van der Waals surface area contributed by atoms with E-state index in [0.29, 0.717) is 5.57 Å². The van der Waals surface area contributed by atoms with Crippen molar-refractivity contribution in [2.24, 2.45) is 0 Å². The lowest BCUT2D eigenvalue weighted by atomic mass is 9.89. The number of nitrogens with one attached hydrogen (secondary N) is 1. The van der Waals surface area contributed by atoms with E-state index in [1.165, 1.54) is 31.2 Å². The van der Waals surface area contributed by atoms with E-state index in [1.54, 1.807) is 0 Å². The number of hydrogen-bond acceptors (Lipinski definition) is 5. The molecule has 3 N–H and O–H groups in total. The van der Waals surface area contributed by atoms with Crippen LogP contribution in [0.15, 0.2) is 29.8 Å². The van der Waals surface area contributed by atoms with Gasteiger partial charge in [0.2, 0.25) is 0 Å². The molecule has 0 heterocycles. The summed E-state index contributed by atoms with van der Waals surface area (Å²) in [5, 5.41) is 19.8. The van der Waals surface area contributed by atoms with Crippen molar-refractivity contribution < 1.29 is 29.4 Å². The van der Waals surface area contributed by atoms with Gasteiger partial charge in [0.25, 0.3) is 5.91 Å². The summed E-state index contributed by atoms with van der Waals surface area (Å²) in [6.07, 6.45) is 1.19. The lowest BCUT2D eigenvalue weighted by Crippen LogP contribution is -2.43. The predicted molar refractivity (Wildman–Crippen MR) is 74.8 cm³/mol. The SMILES string of the molecule is CC1=CC(=O)c2cc(C(=O)NC(CO)C(=O)O)ccc2C1=O. The molecule has 7 heteroatoms. The minimum atomic E-state index is -1.44. The van der Waals surface area contributed by atoms with Crippen LogP contribution >= 0.6 is 0 Å². The van der Waals surface area contributed by atoms with E-state index in [1.807, 2.05) is 0 Å². The summed E-state index contributed by atoms with van der Waals surface area (Å²) in [5.74, 6) is -2.81. The number of aliphatic hydroxyl groups excluding tert-OH is 1. The average molecular weight is 303 g/mol. The zero-order chi connectivity index (χ0) is 16.4. The molecule has 7 nitrogen and oxygen atoms in total. The van der Waals surface area contributed by atoms with Crippen molar-refractivity contribution in [1.82, 2.24) is 5.32 Å². The van der Waals surface area contributed by atoms with Crippen molar-refractivity contribution in [2.45, 2.75) is 13.0 Å². The molecule has 0 fully saturated rings. The molecule has 1 amide bonds. The summed E-state index contributed by atoms with van der Waals surface area (Å²) in [5.41, 5.74) is 0.658. The van der Waals surface area contributed by atoms with Crippen LogP contribution in [0.2, 0.25) is 0 Å². The Labute approximate surface area is 125 Å². The monoisotopic (exact) mass is 303 g/mol. The topological polar surface area (TPSA) is 121 Å². The average Bonchev–Trinajstić information content (AvgIpc) is 2.49. The first-order valence-corrected chi connectivity index (χ1v) is 6.41. The molecule has 1 atom stereocenters. The normalized spacial score (nSPS) is 14.9. The Morgan fingerprint density at radius 2 is 1.91 bits per heavy atom. The maximum Gasteiger partial charge on any atom is 0.328 e. The Morgan fingerprint density at radius 3 is 2.50 bits per heavy atom. The number of carbonyl (C=O) groups excluding carboxylic acids is 3. The minimum Gasteiger partial charge on any atom is -0.480 e. The molecule has 0 bridgehead atoms. The van der Waals surface area contributed by atoms with Gasteiger partial charge in [0.1, 0.15) is 0 Å². The summed E-state index contributed by atoms with van der Waals surface area (Å²) in [7, 11) is 0. The van der Waals surface area contributed by atoms with Crippen LogP contribution in [-0.4, -0.2) is 46.3 Å². The summed E-state index contributed by atoms with van der Waals surface area (Å²) in [6.45, 7) is 0.772. The Kier molecular flexibility index (Phi) is 4.18. The second-order valence-corrected chi connectivity index (χ2v) is 4.83. The number of benzene rings is 1. The number of rotatable bonds is 4. The van der Waals surface area contributed by atoms with Crippen molar-refractivity contribution in [3.63, 3.8) is 0 Å². The van der Waals surface area contributed by atoms with Gasteiger partial charge in [0.15, 0.2) is 17.6 Å². The number of carbonyl (C=O) groups is 4. The highest BCUT2D eigenvalue weighted by Crippen LogP contribution is 2.22. The van der Waals surface area contributed by atoms with E-state index < -0.39 is 30.3 Å². The Bertz CT molecular complexity index is 719. The van der Waals surface area contributed by atoms with Crippen molar-refractivity contribution in [1.29, 1.82) is 0 Å². The van der Waals surface area contributed by atoms with Gasteiger partial charge < -0.3 is 15.5 Å². The molecule has 1 unspecified atom stereocenters. The number of allylic oxidation sites excluding steroid dienone is 2. The fraction of sp³-hybridized carbons (Fsp3) is 0.200. The molecule has 1 aromatic rings. The number of hydrogen-bond donors (Lipinski definition) is 3. The molecule has 114 valence electrons. The van der Waals surface area contributed by atoms with Gasteiger partial charge in [-0.2, -0.15) is 0 Å². The van der Waals surface area contributed by atoms with Gasteiger partial charge in [-0.05, 0) is 31.2 Å². The number of aliphatic carboxylic acids is 1. The summed E-state index contributed by atoms with van der Waals surface area (Å²) < 4.78 is 0.